The van der Waals surface area contributed by atoms with Crippen LogP contribution in [0.2, 0.25) is 0 Å². The average molecular weight is 546 g/mol. The molecule has 3 rings (SSSR count). The number of carbonyl (C=O) groups excluding carboxylic acids is 1. The Labute approximate surface area is 203 Å². The molecule has 1 amide bonds. The number of rotatable bonds is 5. The third kappa shape index (κ3) is 7.62. The average Bonchev–Trinajstić information content (AvgIpc) is 3.22. The van der Waals surface area contributed by atoms with E-state index >= 15 is 0 Å². The van der Waals surface area contributed by atoms with Crippen LogP contribution in [0.3, 0.4) is 0 Å². The van der Waals surface area contributed by atoms with Crippen LogP contribution in [0.4, 0.5) is 0 Å². The molecule has 176 valence electrons. The molecule has 1 aromatic heterocycles. The summed E-state index contributed by atoms with van der Waals surface area (Å²) in [7, 11) is 0. The maximum Gasteiger partial charge on any atom is 0.236 e. The van der Waals surface area contributed by atoms with E-state index in [4.69, 9.17) is 9.41 Å². The number of piperazine rings is 1. The number of oxazole rings is 1. The first kappa shape index (κ1) is 25.9. The molecule has 2 fully saturated rings. The maximum atomic E-state index is 12.5. The molecule has 0 aliphatic carbocycles. The van der Waals surface area contributed by atoms with E-state index in [-0.39, 0.29) is 35.3 Å². The second kappa shape index (κ2) is 12.0. The summed E-state index contributed by atoms with van der Waals surface area (Å²) in [6, 6.07) is 0. The van der Waals surface area contributed by atoms with Crippen LogP contribution in [-0.2, 0) is 16.8 Å². The molecule has 2 aliphatic heterocycles. The number of amides is 1. The standard InChI is InChI=1S/C22H38N6O2.HI/c1-5-23-21(25-16-19-24-15-18(30-19)22(2,3)4)28-13-11-26(12-14-28)17-20(29)27-9-7-6-8-10-27;/h15H,5-14,16-17H2,1-4H3,(H,23,25);1H. The van der Waals surface area contributed by atoms with Crippen LogP contribution in [0.1, 0.15) is 58.6 Å². The summed E-state index contributed by atoms with van der Waals surface area (Å²) in [4.78, 5) is 28.2. The third-order valence-electron chi connectivity index (χ3n) is 5.73. The van der Waals surface area contributed by atoms with Gasteiger partial charge in [-0.15, -0.1) is 24.0 Å². The molecule has 31 heavy (non-hydrogen) atoms. The van der Waals surface area contributed by atoms with Gasteiger partial charge in [-0.25, -0.2) is 9.98 Å². The highest BCUT2D eigenvalue weighted by Gasteiger charge is 2.24. The minimum Gasteiger partial charge on any atom is -0.443 e. The number of aliphatic imine (C=N–C) groups is 1. The van der Waals surface area contributed by atoms with Crippen molar-refractivity contribution in [1.82, 2.24) is 25.0 Å². The van der Waals surface area contributed by atoms with E-state index in [0.717, 1.165) is 70.4 Å². The topological polar surface area (TPSA) is 77.2 Å². The van der Waals surface area contributed by atoms with Crippen LogP contribution in [-0.4, -0.2) is 83.9 Å². The van der Waals surface area contributed by atoms with Gasteiger partial charge in [-0.05, 0) is 26.2 Å². The van der Waals surface area contributed by atoms with Crippen LogP contribution < -0.4 is 5.32 Å². The minimum atomic E-state index is -0.0541. The molecule has 1 N–H and O–H groups in total. The fourth-order valence-electron chi connectivity index (χ4n) is 3.85. The molecule has 0 aromatic carbocycles. The molecule has 0 bridgehead atoms. The zero-order chi connectivity index (χ0) is 21.6. The summed E-state index contributed by atoms with van der Waals surface area (Å²) in [5, 5.41) is 3.38. The number of hydrogen-bond donors (Lipinski definition) is 1. The smallest absolute Gasteiger partial charge is 0.236 e. The summed E-state index contributed by atoms with van der Waals surface area (Å²) >= 11 is 0. The molecule has 0 saturated carbocycles. The molecule has 0 radical (unpaired) electrons. The molecule has 0 unspecified atom stereocenters. The van der Waals surface area contributed by atoms with Gasteiger partial charge in [0.2, 0.25) is 11.8 Å². The fraction of sp³-hybridized carbons (Fsp3) is 0.773. The zero-order valence-corrected chi connectivity index (χ0v) is 21.9. The number of piperidine rings is 1. The Morgan fingerprint density at radius 3 is 2.35 bits per heavy atom. The van der Waals surface area contributed by atoms with Gasteiger partial charge >= 0.3 is 0 Å². The third-order valence-corrected chi connectivity index (χ3v) is 5.73. The summed E-state index contributed by atoms with van der Waals surface area (Å²) in [5.41, 5.74) is -0.0541. The first-order chi connectivity index (χ1) is 14.4. The molecular formula is C22H39IN6O2. The molecule has 8 nitrogen and oxygen atoms in total. The second-order valence-electron chi connectivity index (χ2n) is 9.24. The Kier molecular flexibility index (Phi) is 10.1. The van der Waals surface area contributed by atoms with Crippen molar-refractivity contribution >= 4 is 35.8 Å². The first-order valence-electron chi connectivity index (χ1n) is 11.4. The fourth-order valence-corrected chi connectivity index (χ4v) is 3.85. The number of likely N-dealkylation sites (tertiary alicyclic amines) is 1. The van der Waals surface area contributed by atoms with E-state index in [1.807, 2.05) is 4.90 Å². The van der Waals surface area contributed by atoms with Crippen molar-refractivity contribution < 1.29 is 9.21 Å². The summed E-state index contributed by atoms with van der Waals surface area (Å²) < 4.78 is 5.87. The molecule has 2 saturated heterocycles. The van der Waals surface area contributed by atoms with E-state index < -0.39 is 0 Å². The summed E-state index contributed by atoms with van der Waals surface area (Å²) in [5.74, 6) is 2.68. The van der Waals surface area contributed by atoms with E-state index in [1.165, 1.54) is 6.42 Å². The molecule has 3 heterocycles. The highest BCUT2D eigenvalue weighted by Crippen LogP contribution is 2.22. The van der Waals surface area contributed by atoms with Crippen molar-refractivity contribution in [2.24, 2.45) is 4.99 Å². The minimum absolute atomic E-state index is 0. The predicted octanol–water partition coefficient (Wildman–Crippen LogP) is 2.69. The predicted molar refractivity (Wildman–Crippen MR) is 134 cm³/mol. The Bertz CT molecular complexity index is 716. The van der Waals surface area contributed by atoms with Gasteiger partial charge in [0.05, 0.1) is 12.7 Å². The van der Waals surface area contributed by atoms with Gasteiger partial charge in [0.1, 0.15) is 12.3 Å². The van der Waals surface area contributed by atoms with E-state index in [0.29, 0.717) is 19.0 Å². The lowest BCUT2D eigenvalue weighted by atomic mass is 9.94. The molecule has 0 atom stereocenters. The molecule has 1 aromatic rings. The molecule has 2 aliphatic rings. The lowest BCUT2D eigenvalue weighted by Crippen LogP contribution is -2.54. The monoisotopic (exact) mass is 546 g/mol. The van der Waals surface area contributed by atoms with Crippen LogP contribution in [0, 0.1) is 0 Å². The first-order valence-corrected chi connectivity index (χ1v) is 11.4. The highest BCUT2D eigenvalue weighted by molar-refractivity contribution is 14.0. The van der Waals surface area contributed by atoms with Gasteiger partial charge in [0, 0.05) is 51.2 Å². The second-order valence-corrected chi connectivity index (χ2v) is 9.24. The van der Waals surface area contributed by atoms with E-state index in [9.17, 15) is 4.79 Å². The number of nitrogens with one attached hydrogen (secondary N) is 1. The van der Waals surface area contributed by atoms with Crippen LogP contribution in [0.25, 0.3) is 0 Å². The lowest BCUT2D eigenvalue weighted by Gasteiger charge is -2.37. The normalized spacial score (nSPS) is 18.6. The SMILES string of the molecule is CCNC(=NCc1ncc(C(C)(C)C)o1)N1CCN(CC(=O)N2CCCCC2)CC1.I. The van der Waals surface area contributed by atoms with Crippen molar-refractivity contribution in [3.05, 3.63) is 17.8 Å². The zero-order valence-electron chi connectivity index (χ0n) is 19.5. The highest BCUT2D eigenvalue weighted by atomic mass is 127. The number of aromatic nitrogens is 1. The van der Waals surface area contributed by atoms with Crippen LogP contribution in [0.15, 0.2) is 15.6 Å². The van der Waals surface area contributed by atoms with Crippen molar-refractivity contribution in [3.63, 3.8) is 0 Å². The Balaban J connectivity index is 0.00000341. The van der Waals surface area contributed by atoms with Crippen molar-refractivity contribution in [3.8, 4) is 0 Å². The molecular weight excluding hydrogens is 507 g/mol. The van der Waals surface area contributed by atoms with Gasteiger partial charge in [0.25, 0.3) is 0 Å². The van der Waals surface area contributed by atoms with Crippen LogP contribution in [0.5, 0.6) is 0 Å². The lowest BCUT2D eigenvalue weighted by molar-refractivity contribution is -0.133. The van der Waals surface area contributed by atoms with Gasteiger partial charge < -0.3 is 19.5 Å². The molecule has 0 spiro atoms. The maximum absolute atomic E-state index is 12.5. The van der Waals surface area contributed by atoms with E-state index in [1.54, 1.807) is 6.20 Å². The van der Waals surface area contributed by atoms with Gasteiger partial charge in [-0.3, -0.25) is 9.69 Å². The molecule has 9 heteroatoms. The van der Waals surface area contributed by atoms with Gasteiger partial charge in [0.15, 0.2) is 5.96 Å². The van der Waals surface area contributed by atoms with Gasteiger partial charge in [-0.2, -0.15) is 0 Å². The number of halogens is 1. The summed E-state index contributed by atoms with van der Waals surface area (Å²) in [6.45, 7) is 15.5. The Hall–Kier alpha value is -1.36. The number of guanidine groups is 1. The summed E-state index contributed by atoms with van der Waals surface area (Å²) in [6.07, 6.45) is 5.34. The Morgan fingerprint density at radius 1 is 1.10 bits per heavy atom. The quantitative estimate of drug-likeness (QED) is 0.348. The van der Waals surface area contributed by atoms with Crippen molar-refractivity contribution in [2.45, 2.75) is 58.9 Å². The largest absolute Gasteiger partial charge is 0.443 e. The van der Waals surface area contributed by atoms with Crippen molar-refractivity contribution in [1.29, 1.82) is 0 Å². The number of carbonyl (C=O) groups is 1. The number of nitrogens with zero attached hydrogens (tertiary/aromatic N) is 5. The van der Waals surface area contributed by atoms with Crippen LogP contribution >= 0.6 is 24.0 Å². The number of hydrogen-bond acceptors (Lipinski definition) is 5. The van der Waals surface area contributed by atoms with Crippen molar-refractivity contribution in [2.75, 3.05) is 52.4 Å². The Morgan fingerprint density at radius 2 is 1.77 bits per heavy atom. The van der Waals surface area contributed by atoms with Gasteiger partial charge in [-0.1, -0.05) is 20.8 Å². The van der Waals surface area contributed by atoms with E-state index in [2.05, 4.69) is 47.8 Å².